The molecule has 1 aromatic heterocycles. The molecule has 2 aliphatic heterocycles. The number of aromatic nitrogens is 3. The van der Waals surface area contributed by atoms with Crippen LogP contribution in [0, 0.1) is 0 Å². The van der Waals surface area contributed by atoms with E-state index in [1.807, 2.05) is 19.1 Å². The van der Waals surface area contributed by atoms with Crippen molar-refractivity contribution < 1.29 is 9.53 Å². The average molecular weight is 464 g/mol. The predicted molar refractivity (Wildman–Crippen MR) is 129 cm³/mol. The molecule has 1 saturated heterocycles. The lowest BCUT2D eigenvalue weighted by atomic mass is 9.99. The summed E-state index contributed by atoms with van der Waals surface area (Å²) in [6.07, 6.45) is 0.726. The maximum absolute atomic E-state index is 13.4. The van der Waals surface area contributed by atoms with E-state index in [1.165, 1.54) is 10.2 Å². The van der Waals surface area contributed by atoms with Crippen LogP contribution in [0.4, 0.5) is 0 Å². The Kier molecular flexibility index (Phi) is 6.48. The minimum Gasteiger partial charge on any atom is -0.497 e. The fraction of sp³-hybridized carbons (Fsp3) is 0.400. The first-order chi connectivity index (χ1) is 16.2. The third kappa shape index (κ3) is 4.55. The molecule has 2 aliphatic rings. The molecule has 1 fully saturated rings. The summed E-state index contributed by atoms with van der Waals surface area (Å²) in [4.78, 5) is 22.9. The van der Waals surface area contributed by atoms with Gasteiger partial charge in [0.2, 0.25) is 0 Å². The molecule has 8 heteroatoms. The number of thioether (sulfide) groups is 1. The van der Waals surface area contributed by atoms with E-state index in [-0.39, 0.29) is 17.2 Å². The van der Waals surface area contributed by atoms with E-state index in [2.05, 4.69) is 62.3 Å². The van der Waals surface area contributed by atoms with Crippen LogP contribution < -0.4 is 4.74 Å². The highest BCUT2D eigenvalue weighted by Crippen LogP contribution is 2.41. The monoisotopic (exact) mass is 463 g/mol. The van der Waals surface area contributed by atoms with Crippen LogP contribution in [-0.4, -0.2) is 69.0 Å². The summed E-state index contributed by atoms with van der Waals surface area (Å²) in [5.74, 6) is 1.56. The second kappa shape index (κ2) is 9.67. The number of nitrogens with zero attached hydrogens (tertiary/aromatic N) is 5. The molecule has 0 saturated carbocycles. The number of hydrogen-bond acceptors (Lipinski definition) is 7. The third-order valence-corrected chi connectivity index (χ3v) is 7.60. The standard InChI is InChI=1S/C25H29N5O2S/c1-3-21-26-25-30(27-21)24(31)23(33-25)22(19-9-11-20(32-2)12-10-19)29-15-13-28(14-16-29)17-18-7-5-4-6-8-18/h4-12,22-23H,3,13-17H2,1-2H3. The number of ether oxygens (including phenoxy) is 1. The summed E-state index contributed by atoms with van der Waals surface area (Å²) >= 11 is 1.54. The number of carbonyl (C=O) groups excluding carboxylic acids is 1. The lowest BCUT2D eigenvalue weighted by molar-refractivity contribution is 0.0715. The van der Waals surface area contributed by atoms with Crippen molar-refractivity contribution in [2.75, 3.05) is 33.3 Å². The SMILES string of the molecule is CCc1nc2n(n1)C(=O)C(C(c1ccc(OC)cc1)N1CCN(Cc3ccccc3)CC1)S2. The van der Waals surface area contributed by atoms with Gasteiger partial charge < -0.3 is 4.74 Å². The van der Waals surface area contributed by atoms with Crippen LogP contribution >= 0.6 is 11.8 Å². The van der Waals surface area contributed by atoms with Crippen molar-refractivity contribution in [3.8, 4) is 5.75 Å². The van der Waals surface area contributed by atoms with Crippen molar-refractivity contribution in [2.24, 2.45) is 0 Å². The van der Waals surface area contributed by atoms with Gasteiger partial charge in [0.15, 0.2) is 11.0 Å². The number of hydrogen-bond donors (Lipinski definition) is 0. The first-order valence-electron chi connectivity index (χ1n) is 11.5. The van der Waals surface area contributed by atoms with Gasteiger partial charge >= 0.3 is 0 Å². The van der Waals surface area contributed by atoms with Gasteiger partial charge in [0, 0.05) is 39.1 Å². The normalized spacial score (nSPS) is 20.1. The highest BCUT2D eigenvalue weighted by molar-refractivity contribution is 8.00. The van der Waals surface area contributed by atoms with Crippen LogP contribution in [0.3, 0.4) is 0 Å². The van der Waals surface area contributed by atoms with E-state index >= 15 is 0 Å². The smallest absolute Gasteiger partial charge is 0.264 e. The molecule has 3 aromatic rings. The summed E-state index contributed by atoms with van der Waals surface area (Å²) in [6, 6.07) is 18.7. The van der Waals surface area contributed by atoms with Crippen LogP contribution in [0.2, 0.25) is 0 Å². The molecule has 0 amide bonds. The summed E-state index contributed by atoms with van der Waals surface area (Å²) in [5, 5.41) is 4.88. The molecule has 0 spiro atoms. The van der Waals surface area contributed by atoms with Crippen molar-refractivity contribution in [3.63, 3.8) is 0 Å². The molecule has 172 valence electrons. The Balaban J connectivity index is 1.36. The van der Waals surface area contributed by atoms with Crippen LogP contribution in [0.5, 0.6) is 5.75 Å². The molecule has 0 radical (unpaired) electrons. The number of aryl methyl sites for hydroxylation is 1. The molecule has 0 aliphatic carbocycles. The highest BCUT2D eigenvalue weighted by atomic mass is 32.2. The minimum atomic E-state index is -0.264. The van der Waals surface area contributed by atoms with Crippen LogP contribution in [-0.2, 0) is 13.0 Å². The van der Waals surface area contributed by atoms with Gasteiger partial charge in [-0.05, 0) is 23.3 Å². The summed E-state index contributed by atoms with van der Waals surface area (Å²) < 4.78 is 6.87. The van der Waals surface area contributed by atoms with E-state index < -0.39 is 0 Å². The number of benzene rings is 2. The van der Waals surface area contributed by atoms with Gasteiger partial charge in [-0.3, -0.25) is 14.6 Å². The van der Waals surface area contributed by atoms with E-state index in [1.54, 1.807) is 18.9 Å². The fourth-order valence-corrected chi connectivity index (χ4v) is 5.89. The van der Waals surface area contributed by atoms with E-state index in [4.69, 9.17) is 4.74 Å². The van der Waals surface area contributed by atoms with Crippen molar-refractivity contribution in [2.45, 2.75) is 36.3 Å². The van der Waals surface area contributed by atoms with Crippen molar-refractivity contribution in [1.82, 2.24) is 24.6 Å². The number of piperazine rings is 1. The van der Waals surface area contributed by atoms with Gasteiger partial charge in [-0.15, -0.1) is 5.10 Å². The van der Waals surface area contributed by atoms with Crippen molar-refractivity contribution in [1.29, 1.82) is 0 Å². The van der Waals surface area contributed by atoms with Crippen molar-refractivity contribution >= 4 is 17.7 Å². The summed E-state index contributed by atoms with van der Waals surface area (Å²) in [5.41, 5.74) is 2.46. The minimum absolute atomic E-state index is 0.0229. The quantitative estimate of drug-likeness (QED) is 0.531. The Morgan fingerprint density at radius 3 is 2.42 bits per heavy atom. The Labute approximate surface area is 198 Å². The zero-order chi connectivity index (χ0) is 22.8. The molecule has 2 unspecified atom stereocenters. The molecular formula is C25H29N5O2S. The number of rotatable bonds is 7. The predicted octanol–water partition coefficient (Wildman–Crippen LogP) is 3.52. The van der Waals surface area contributed by atoms with Crippen LogP contribution in [0.25, 0.3) is 0 Å². The Bertz CT molecular complexity index is 1090. The molecule has 3 heterocycles. The van der Waals surface area contributed by atoms with Gasteiger partial charge in [0.1, 0.15) is 11.0 Å². The molecular weight excluding hydrogens is 434 g/mol. The number of fused-ring (bicyclic) bond motifs is 1. The third-order valence-electron chi connectivity index (χ3n) is 6.42. The van der Waals surface area contributed by atoms with Crippen LogP contribution in [0.15, 0.2) is 59.8 Å². The first-order valence-corrected chi connectivity index (χ1v) is 12.4. The van der Waals surface area contributed by atoms with Gasteiger partial charge in [0.25, 0.3) is 5.91 Å². The Morgan fingerprint density at radius 1 is 1.06 bits per heavy atom. The molecule has 5 rings (SSSR count). The maximum Gasteiger partial charge on any atom is 0.264 e. The zero-order valence-electron chi connectivity index (χ0n) is 19.1. The topological polar surface area (TPSA) is 63.5 Å². The van der Waals surface area contributed by atoms with E-state index in [0.717, 1.165) is 56.3 Å². The Hall–Kier alpha value is -2.68. The molecule has 2 aromatic carbocycles. The highest BCUT2D eigenvalue weighted by Gasteiger charge is 2.43. The second-order valence-electron chi connectivity index (χ2n) is 8.47. The second-order valence-corrected chi connectivity index (χ2v) is 9.58. The summed E-state index contributed by atoms with van der Waals surface area (Å²) in [7, 11) is 1.67. The zero-order valence-corrected chi connectivity index (χ0v) is 19.9. The van der Waals surface area contributed by atoms with E-state index in [9.17, 15) is 4.79 Å². The van der Waals surface area contributed by atoms with Gasteiger partial charge in [-0.1, -0.05) is 61.2 Å². The molecule has 0 N–H and O–H groups in total. The van der Waals surface area contributed by atoms with Gasteiger partial charge in [-0.2, -0.15) is 4.68 Å². The Morgan fingerprint density at radius 2 is 1.79 bits per heavy atom. The van der Waals surface area contributed by atoms with Crippen LogP contribution in [0.1, 0.15) is 34.7 Å². The molecule has 33 heavy (non-hydrogen) atoms. The lowest BCUT2D eigenvalue weighted by Crippen LogP contribution is -2.50. The molecule has 2 atom stereocenters. The summed E-state index contributed by atoms with van der Waals surface area (Å²) in [6.45, 7) is 6.71. The number of methoxy groups -OCH3 is 1. The van der Waals surface area contributed by atoms with Gasteiger partial charge in [0.05, 0.1) is 13.2 Å². The molecule has 7 nitrogen and oxygen atoms in total. The average Bonchev–Trinajstić information content (AvgIpc) is 3.40. The van der Waals surface area contributed by atoms with Crippen molar-refractivity contribution in [3.05, 3.63) is 71.5 Å². The largest absolute Gasteiger partial charge is 0.497 e. The first kappa shape index (κ1) is 22.1. The fourth-order valence-electron chi connectivity index (χ4n) is 4.61. The lowest BCUT2D eigenvalue weighted by Gasteiger charge is -2.41. The van der Waals surface area contributed by atoms with Gasteiger partial charge in [-0.25, -0.2) is 4.98 Å². The maximum atomic E-state index is 13.4. The number of carbonyl (C=O) groups is 1. The van der Waals surface area contributed by atoms with E-state index in [0.29, 0.717) is 5.16 Å². The molecule has 0 bridgehead atoms.